The molecule has 0 radical (unpaired) electrons. The highest BCUT2D eigenvalue weighted by Gasteiger charge is 2.18. The number of hydrogen-bond acceptors (Lipinski definition) is 6. The van der Waals surface area contributed by atoms with E-state index >= 15 is 0 Å². The standard InChI is InChI=1S/C22H19FN2O5S/c1-29-18-7-3-4-8-19(18)30-13-12-24-22(26)16-14-15(25(27)28)10-11-20(16)31-21-9-5-2-6-17(21)23/h2-11,14H,12-13H2,1H3,(H,24,26). The number of benzene rings is 3. The molecule has 3 aromatic rings. The van der Waals surface area contributed by atoms with Crippen LogP contribution in [0.25, 0.3) is 0 Å². The summed E-state index contributed by atoms with van der Waals surface area (Å²) in [6.07, 6.45) is 0. The zero-order valence-electron chi connectivity index (χ0n) is 16.5. The molecule has 0 unspecified atom stereocenters. The van der Waals surface area contributed by atoms with E-state index < -0.39 is 16.6 Å². The summed E-state index contributed by atoms with van der Waals surface area (Å²) >= 11 is 1.02. The summed E-state index contributed by atoms with van der Waals surface area (Å²) in [6, 6.07) is 17.1. The van der Waals surface area contributed by atoms with Crippen LogP contribution in [-0.4, -0.2) is 31.1 Å². The molecule has 1 N–H and O–H groups in total. The molecule has 0 saturated carbocycles. The molecule has 0 atom stereocenters. The molecule has 0 spiro atoms. The fourth-order valence-electron chi connectivity index (χ4n) is 2.70. The molecule has 0 aliphatic carbocycles. The molecule has 0 aliphatic rings. The maximum absolute atomic E-state index is 14.0. The molecule has 0 saturated heterocycles. The number of carbonyl (C=O) groups excluding carboxylic acids is 1. The molecule has 7 nitrogen and oxygen atoms in total. The van der Waals surface area contributed by atoms with Crippen molar-refractivity contribution >= 4 is 23.4 Å². The van der Waals surface area contributed by atoms with E-state index in [4.69, 9.17) is 9.47 Å². The highest BCUT2D eigenvalue weighted by molar-refractivity contribution is 7.99. The SMILES string of the molecule is COc1ccccc1OCCNC(=O)c1cc([N+](=O)[O-])ccc1Sc1ccccc1F. The van der Waals surface area contributed by atoms with Crippen LogP contribution in [0.3, 0.4) is 0 Å². The van der Waals surface area contributed by atoms with Crippen LogP contribution in [0.4, 0.5) is 10.1 Å². The molecule has 160 valence electrons. The second-order valence-electron chi connectivity index (χ2n) is 6.23. The molecule has 0 aromatic heterocycles. The van der Waals surface area contributed by atoms with Gasteiger partial charge in [0.15, 0.2) is 11.5 Å². The summed E-state index contributed by atoms with van der Waals surface area (Å²) in [4.78, 5) is 24.0. The van der Waals surface area contributed by atoms with Crippen molar-refractivity contribution in [2.24, 2.45) is 0 Å². The molecule has 3 rings (SSSR count). The number of hydrogen-bond donors (Lipinski definition) is 1. The van der Waals surface area contributed by atoms with E-state index in [1.807, 2.05) is 6.07 Å². The predicted molar refractivity (Wildman–Crippen MR) is 114 cm³/mol. The Balaban J connectivity index is 1.71. The third-order valence-corrected chi connectivity index (χ3v) is 5.32. The number of para-hydroxylation sites is 2. The van der Waals surface area contributed by atoms with Crippen molar-refractivity contribution in [3.63, 3.8) is 0 Å². The predicted octanol–water partition coefficient (Wildman–Crippen LogP) is 4.70. The van der Waals surface area contributed by atoms with Crippen LogP contribution in [0, 0.1) is 15.9 Å². The van der Waals surface area contributed by atoms with Gasteiger partial charge in [-0.3, -0.25) is 14.9 Å². The number of ether oxygens (including phenoxy) is 2. The Hall–Kier alpha value is -3.59. The molecule has 1 amide bonds. The van der Waals surface area contributed by atoms with Gasteiger partial charge in [0.1, 0.15) is 12.4 Å². The zero-order valence-corrected chi connectivity index (χ0v) is 17.4. The highest BCUT2D eigenvalue weighted by atomic mass is 32.2. The first kappa shape index (κ1) is 22.1. The number of nitro benzene ring substituents is 1. The van der Waals surface area contributed by atoms with E-state index in [2.05, 4.69) is 5.32 Å². The topological polar surface area (TPSA) is 90.7 Å². The lowest BCUT2D eigenvalue weighted by Crippen LogP contribution is -2.28. The van der Waals surface area contributed by atoms with E-state index in [9.17, 15) is 19.3 Å². The first-order valence-electron chi connectivity index (χ1n) is 9.24. The average Bonchev–Trinajstić information content (AvgIpc) is 2.78. The van der Waals surface area contributed by atoms with Crippen molar-refractivity contribution in [3.05, 3.63) is 88.2 Å². The van der Waals surface area contributed by atoms with E-state index in [0.717, 1.165) is 11.8 Å². The van der Waals surface area contributed by atoms with Gasteiger partial charge in [-0.15, -0.1) is 0 Å². The number of carbonyl (C=O) groups is 1. The van der Waals surface area contributed by atoms with Crippen molar-refractivity contribution in [1.82, 2.24) is 5.32 Å². The van der Waals surface area contributed by atoms with Crippen LogP contribution in [0.2, 0.25) is 0 Å². The molecular weight excluding hydrogens is 423 g/mol. The first-order valence-corrected chi connectivity index (χ1v) is 10.1. The van der Waals surface area contributed by atoms with Crippen molar-refractivity contribution < 1.29 is 23.6 Å². The van der Waals surface area contributed by atoms with E-state index in [1.165, 1.54) is 31.4 Å². The van der Waals surface area contributed by atoms with Crippen LogP contribution < -0.4 is 14.8 Å². The summed E-state index contributed by atoms with van der Waals surface area (Å²) in [7, 11) is 1.53. The average molecular weight is 442 g/mol. The molecule has 0 aliphatic heterocycles. The zero-order chi connectivity index (χ0) is 22.2. The van der Waals surface area contributed by atoms with E-state index in [-0.39, 0.29) is 24.4 Å². The minimum atomic E-state index is -0.584. The summed E-state index contributed by atoms with van der Waals surface area (Å²) in [5.41, 5.74) is -0.145. The number of nitrogens with zero attached hydrogens (tertiary/aromatic N) is 1. The Labute approximate surface area is 182 Å². The number of rotatable bonds is 9. The highest BCUT2D eigenvalue weighted by Crippen LogP contribution is 2.34. The molecule has 9 heteroatoms. The van der Waals surface area contributed by atoms with Crippen molar-refractivity contribution in [2.75, 3.05) is 20.3 Å². The number of non-ortho nitro benzene ring substituents is 1. The summed E-state index contributed by atoms with van der Waals surface area (Å²) < 4.78 is 24.8. The Kier molecular flexibility index (Phi) is 7.45. The van der Waals surface area contributed by atoms with Gasteiger partial charge in [0, 0.05) is 21.9 Å². The van der Waals surface area contributed by atoms with Gasteiger partial charge in [0.2, 0.25) is 0 Å². The van der Waals surface area contributed by atoms with Crippen LogP contribution in [-0.2, 0) is 0 Å². The number of nitrogens with one attached hydrogen (secondary N) is 1. The molecule has 3 aromatic carbocycles. The smallest absolute Gasteiger partial charge is 0.270 e. The summed E-state index contributed by atoms with van der Waals surface area (Å²) in [5.74, 6) is 0.134. The summed E-state index contributed by atoms with van der Waals surface area (Å²) in [5, 5.41) is 13.8. The largest absolute Gasteiger partial charge is 0.493 e. The lowest BCUT2D eigenvalue weighted by Gasteiger charge is -2.12. The molecule has 0 heterocycles. The van der Waals surface area contributed by atoms with E-state index in [0.29, 0.717) is 21.3 Å². The Bertz CT molecular complexity index is 1090. The quantitative estimate of drug-likeness (QED) is 0.293. The lowest BCUT2D eigenvalue weighted by atomic mass is 10.2. The van der Waals surface area contributed by atoms with Gasteiger partial charge in [-0.25, -0.2) is 4.39 Å². The van der Waals surface area contributed by atoms with Crippen LogP contribution in [0.5, 0.6) is 11.5 Å². The Morgan fingerprint density at radius 3 is 2.48 bits per heavy atom. The maximum atomic E-state index is 14.0. The minimum Gasteiger partial charge on any atom is -0.493 e. The second kappa shape index (κ2) is 10.4. The minimum absolute atomic E-state index is 0.0831. The van der Waals surface area contributed by atoms with Gasteiger partial charge in [-0.2, -0.15) is 0 Å². The van der Waals surface area contributed by atoms with Crippen LogP contribution in [0.1, 0.15) is 10.4 Å². The van der Waals surface area contributed by atoms with Crippen LogP contribution >= 0.6 is 11.8 Å². The van der Waals surface area contributed by atoms with Gasteiger partial charge in [0.05, 0.1) is 24.1 Å². The first-order chi connectivity index (χ1) is 15.0. The third-order valence-electron chi connectivity index (χ3n) is 4.19. The van der Waals surface area contributed by atoms with Crippen molar-refractivity contribution in [3.8, 4) is 11.5 Å². The van der Waals surface area contributed by atoms with Gasteiger partial charge < -0.3 is 14.8 Å². The van der Waals surface area contributed by atoms with Gasteiger partial charge in [-0.1, -0.05) is 36.0 Å². The number of methoxy groups -OCH3 is 1. The molecule has 0 fully saturated rings. The van der Waals surface area contributed by atoms with Crippen molar-refractivity contribution in [1.29, 1.82) is 0 Å². The maximum Gasteiger partial charge on any atom is 0.270 e. The second-order valence-corrected chi connectivity index (χ2v) is 7.31. The third kappa shape index (κ3) is 5.73. The molecule has 0 bridgehead atoms. The fourth-order valence-corrected chi connectivity index (χ4v) is 3.65. The number of halogens is 1. The molecule has 31 heavy (non-hydrogen) atoms. The van der Waals surface area contributed by atoms with Gasteiger partial charge in [0.25, 0.3) is 11.6 Å². The summed E-state index contributed by atoms with van der Waals surface area (Å²) in [6.45, 7) is 0.320. The monoisotopic (exact) mass is 442 g/mol. The van der Waals surface area contributed by atoms with Gasteiger partial charge >= 0.3 is 0 Å². The lowest BCUT2D eigenvalue weighted by molar-refractivity contribution is -0.384. The number of nitro groups is 1. The van der Waals surface area contributed by atoms with Crippen molar-refractivity contribution in [2.45, 2.75) is 9.79 Å². The van der Waals surface area contributed by atoms with Crippen LogP contribution in [0.15, 0.2) is 76.5 Å². The Morgan fingerprint density at radius 2 is 1.77 bits per heavy atom. The fraction of sp³-hybridized carbons (Fsp3) is 0.136. The van der Waals surface area contributed by atoms with E-state index in [1.54, 1.807) is 36.4 Å². The number of amides is 1. The van der Waals surface area contributed by atoms with Gasteiger partial charge in [-0.05, 0) is 30.3 Å². The normalized spacial score (nSPS) is 10.4. The molecular formula is C22H19FN2O5S. The Morgan fingerprint density at radius 1 is 1.06 bits per heavy atom.